The molecule has 1 amide bonds. The van der Waals surface area contributed by atoms with E-state index in [0.29, 0.717) is 18.9 Å². The third-order valence-corrected chi connectivity index (χ3v) is 6.29. The normalized spacial score (nSPS) is 15.0. The van der Waals surface area contributed by atoms with Crippen molar-refractivity contribution in [1.29, 1.82) is 0 Å². The first-order chi connectivity index (χ1) is 15.0. The van der Waals surface area contributed by atoms with Gasteiger partial charge in [-0.15, -0.1) is 6.58 Å². The first kappa shape index (κ1) is 23.7. The molecule has 2 heterocycles. The number of hydrogen-bond acceptors (Lipinski definition) is 5. The molecule has 1 fully saturated rings. The summed E-state index contributed by atoms with van der Waals surface area (Å²) in [4.78, 5) is 19.2. The minimum Gasteiger partial charge on any atom is -0.353 e. The minimum absolute atomic E-state index is 0.00600. The number of carbonyl (C=O) groups is 1. The Morgan fingerprint density at radius 1 is 1.16 bits per heavy atom. The second-order valence-electron chi connectivity index (χ2n) is 6.97. The van der Waals surface area contributed by atoms with Gasteiger partial charge < -0.3 is 9.80 Å². The lowest BCUT2D eigenvalue weighted by molar-refractivity contribution is -0.137. The zero-order valence-corrected chi connectivity index (χ0v) is 17.6. The molecular weight excluding hydrogens is 452 g/mol. The average molecular weight is 472 g/mol. The molecule has 1 aromatic heterocycles. The van der Waals surface area contributed by atoms with E-state index in [2.05, 4.69) is 16.3 Å². The molecule has 12 heteroatoms. The summed E-state index contributed by atoms with van der Waals surface area (Å²) in [6, 6.07) is 5.31. The van der Waals surface area contributed by atoms with Crippen LogP contribution < -0.4 is 9.62 Å². The molecule has 1 aliphatic rings. The molecule has 7 nitrogen and oxygen atoms in total. The summed E-state index contributed by atoms with van der Waals surface area (Å²) < 4.78 is 78.8. The van der Waals surface area contributed by atoms with Crippen molar-refractivity contribution in [2.24, 2.45) is 0 Å². The van der Waals surface area contributed by atoms with Crippen LogP contribution in [-0.4, -0.2) is 56.9 Å². The number of hydrogen-bond donors (Lipinski definition) is 1. The molecule has 0 atom stereocenters. The van der Waals surface area contributed by atoms with E-state index in [-0.39, 0.29) is 25.2 Å². The Morgan fingerprint density at radius 2 is 1.84 bits per heavy atom. The third kappa shape index (κ3) is 5.25. The van der Waals surface area contributed by atoms with Gasteiger partial charge in [0.2, 0.25) is 10.0 Å². The Bertz CT molecular complexity index is 1100. The van der Waals surface area contributed by atoms with E-state index >= 15 is 0 Å². The van der Waals surface area contributed by atoms with Crippen LogP contribution in [0.5, 0.6) is 0 Å². The number of aromatic nitrogens is 1. The SMILES string of the molecule is C=CCNS(=O)(=O)c1cc(C(=O)N2CCN(c3ccc(C(F)(F)F)cn3)CC2)ccc1F. The Labute approximate surface area is 182 Å². The summed E-state index contributed by atoms with van der Waals surface area (Å²) in [6.07, 6.45) is -2.41. The fourth-order valence-corrected chi connectivity index (χ4v) is 4.25. The van der Waals surface area contributed by atoms with Crippen molar-refractivity contribution in [2.75, 3.05) is 37.6 Å². The number of nitrogens with one attached hydrogen (secondary N) is 1. The van der Waals surface area contributed by atoms with Crippen LogP contribution in [0.3, 0.4) is 0 Å². The highest BCUT2D eigenvalue weighted by Gasteiger charge is 2.31. The van der Waals surface area contributed by atoms with Gasteiger partial charge in [-0.05, 0) is 30.3 Å². The lowest BCUT2D eigenvalue weighted by Gasteiger charge is -2.35. The zero-order valence-electron chi connectivity index (χ0n) is 16.8. The summed E-state index contributed by atoms with van der Waals surface area (Å²) >= 11 is 0. The molecule has 0 radical (unpaired) electrons. The molecule has 2 aromatic rings. The molecule has 1 aliphatic heterocycles. The molecule has 0 aliphatic carbocycles. The Hall–Kier alpha value is -2.99. The van der Waals surface area contributed by atoms with Gasteiger partial charge in [-0.2, -0.15) is 13.2 Å². The number of anilines is 1. The summed E-state index contributed by atoms with van der Waals surface area (Å²) in [5.41, 5.74) is -0.841. The van der Waals surface area contributed by atoms with Gasteiger partial charge in [0.1, 0.15) is 16.5 Å². The van der Waals surface area contributed by atoms with Gasteiger partial charge in [0.25, 0.3) is 5.91 Å². The molecule has 3 rings (SSSR count). The molecule has 0 unspecified atom stereocenters. The number of halogens is 4. The Kier molecular flexibility index (Phi) is 6.84. The summed E-state index contributed by atoms with van der Waals surface area (Å²) in [5.74, 6) is -1.12. The molecule has 32 heavy (non-hydrogen) atoms. The monoisotopic (exact) mass is 472 g/mol. The van der Waals surface area contributed by atoms with Gasteiger partial charge in [-0.1, -0.05) is 6.08 Å². The number of sulfonamides is 1. The number of alkyl halides is 3. The van der Waals surface area contributed by atoms with Gasteiger partial charge in [-0.3, -0.25) is 4.79 Å². The highest BCUT2D eigenvalue weighted by atomic mass is 32.2. The van der Waals surface area contributed by atoms with Crippen LogP contribution in [-0.2, 0) is 16.2 Å². The van der Waals surface area contributed by atoms with Gasteiger partial charge in [0.05, 0.1) is 5.56 Å². The van der Waals surface area contributed by atoms with Crippen LogP contribution >= 0.6 is 0 Å². The van der Waals surface area contributed by atoms with Crippen LogP contribution in [0.15, 0.2) is 54.1 Å². The van der Waals surface area contributed by atoms with Crippen LogP contribution in [0.25, 0.3) is 0 Å². The number of rotatable bonds is 6. The van der Waals surface area contributed by atoms with Gasteiger partial charge in [0.15, 0.2) is 0 Å². The fourth-order valence-electron chi connectivity index (χ4n) is 3.15. The third-order valence-electron chi connectivity index (χ3n) is 4.85. The maximum Gasteiger partial charge on any atom is 0.417 e. The quantitative estimate of drug-likeness (QED) is 0.517. The van der Waals surface area contributed by atoms with E-state index in [0.717, 1.165) is 24.4 Å². The maximum absolute atomic E-state index is 14.1. The predicted molar refractivity (Wildman–Crippen MR) is 109 cm³/mol. The van der Waals surface area contributed by atoms with Crippen molar-refractivity contribution in [2.45, 2.75) is 11.1 Å². The molecular formula is C20H20F4N4O3S. The molecule has 0 saturated carbocycles. The van der Waals surface area contributed by atoms with Crippen molar-refractivity contribution < 1.29 is 30.8 Å². The van der Waals surface area contributed by atoms with Crippen LogP contribution in [0, 0.1) is 5.82 Å². The largest absolute Gasteiger partial charge is 0.417 e. The Balaban J connectivity index is 1.69. The van der Waals surface area contributed by atoms with Crippen molar-refractivity contribution in [3.05, 3.63) is 66.1 Å². The topological polar surface area (TPSA) is 82.6 Å². The first-order valence-electron chi connectivity index (χ1n) is 9.50. The molecule has 0 bridgehead atoms. The van der Waals surface area contributed by atoms with Gasteiger partial charge >= 0.3 is 6.18 Å². The van der Waals surface area contributed by atoms with Crippen molar-refractivity contribution in [3.8, 4) is 0 Å². The smallest absolute Gasteiger partial charge is 0.353 e. The molecule has 1 N–H and O–H groups in total. The number of nitrogens with zero attached hydrogens (tertiary/aromatic N) is 3. The Morgan fingerprint density at radius 3 is 2.41 bits per heavy atom. The first-order valence-corrected chi connectivity index (χ1v) is 11.0. The summed E-state index contributed by atoms with van der Waals surface area (Å²) in [7, 11) is -4.16. The van der Waals surface area contributed by atoms with Crippen molar-refractivity contribution in [3.63, 3.8) is 0 Å². The maximum atomic E-state index is 14.1. The number of piperazine rings is 1. The number of benzene rings is 1. The molecule has 0 spiro atoms. The summed E-state index contributed by atoms with van der Waals surface area (Å²) in [6.45, 7) is 4.39. The van der Waals surface area contributed by atoms with Crippen LogP contribution in [0.4, 0.5) is 23.4 Å². The number of amides is 1. The predicted octanol–water partition coefficient (Wildman–Crippen LogP) is 2.67. The van der Waals surface area contributed by atoms with Crippen molar-refractivity contribution >= 4 is 21.7 Å². The number of carbonyl (C=O) groups excluding carboxylic acids is 1. The molecule has 1 aromatic carbocycles. The second kappa shape index (κ2) is 9.25. The van der Waals surface area contributed by atoms with E-state index in [1.165, 1.54) is 23.1 Å². The van der Waals surface area contributed by atoms with Crippen molar-refractivity contribution in [1.82, 2.24) is 14.6 Å². The highest BCUT2D eigenvalue weighted by Crippen LogP contribution is 2.29. The van der Waals surface area contributed by atoms with Crippen LogP contribution in [0.1, 0.15) is 15.9 Å². The highest BCUT2D eigenvalue weighted by molar-refractivity contribution is 7.89. The van der Waals surface area contributed by atoms with Gasteiger partial charge in [-0.25, -0.2) is 22.5 Å². The molecule has 172 valence electrons. The second-order valence-corrected chi connectivity index (χ2v) is 8.70. The molecule has 1 saturated heterocycles. The van der Waals surface area contributed by atoms with Crippen LogP contribution in [0.2, 0.25) is 0 Å². The number of pyridine rings is 1. The fraction of sp³-hybridized carbons (Fsp3) is 0.300. The van der Waals surface area contributed by atoms with E-state index in [9.17, 15) is 30.8 Å². The van der Waals surface area contributed by atoms with E-state index in [1.54, 1.807) is 4.90 Å². The lowest BCUT2D eigenvalue weighted by atomic mass is 10.1. The minimum atomic E-state index is -4.47. The average Bonchev–Trinajstić information content (AvgIpc) is 2.77. The lowest BCUT2D eigenvalue weighted by Crippen LogP contribution is -2.49. The zero-order chi connectivity index (χ0) is 23.5. The standard InChI is InChI=1S/C20H20F4N4O3S/c1-2-7-26-32(30,31)17-12-14(3-5-16(17)21)19(29)28-10-8-27(9-11-28)18-6-4-15(13-25-18)20(22,23)24/h2-6,12-13,26H,1,7-11H2. The summed E-state index contributed by atoms with van der Waals surface area (Å²) in [5, 5.41) is 0. The van der Waals surface area contributed by atoms with E-state index in [4.69, 9.17) is 0 Å². The van der Waals surface area contributed by atoms with E-state index < -0.39 is 38.4 Å². The van der Waals surface area contributed by atoms with Gasteiger partial charge in [0, 0.05) is 44.5 Å². The van der Waals surface area contributed by atoms with E-state index in [1.807, 2.05) is 0 Å².